The fourth-order valence-electron chi connectivity index (χ4n) is 2.90. The summed E-state index contributed by atoms with van der Waals surface area (Å²) in [6, 6.07) is 12.2. The van der Waals surface area contributed by atoms with Crippen LogP contribution in [0.15, 0.2) is 48.5 Å². The highest BCUT2D eigenvalue weighted by atomic mass is 32.2. The summed E-state index contributed by atoms with van der Waals surface area (Å²) in [5.41, 5.74) is 0.551. The molecule has 2 aromatic carbocycles. The molecule has 0 aliphatic heterocycles. The van der Waals surface area contributed by atoms with Gasteiger partial charge in [-0.2, -0.15) is 0 Å². The lowest BCUT2D eigenvalue weighted by Gasteiger charge is -2.26. The van der Waals surface area contributed by atoms with E-state index in [1.54, 1.807) is 24.3 Å². The SMILES string of the molecule is COc1ccc(C(NCC(=O)O)S(=O)(=O)C(NCC(=O)O)c2ccc(OC)cc2)cc1. The van der Waals surface area contributed by atoms with Crippen molar-refractivity contribution in [3.05, 3.63) is 59.7 Å². The van der Waals surface area contributed by atoms with Crippen LogP contribution in [0.3, 0.4) is 0 Å². The Morgan fingerprint density at radius 2 is 1.10 bits per heavy atom. The van der Waals surface area contributed by atoms with Gasteiger partial charge in [0.15, 0.2) is 9.84 Å². The first kappa shape index (κ1) is 24.1. The molecule has 0 heterocycles. The third kappa shape index (κ3) is 6.41. The van der Waals surface area contributed by atoms with Crippen molar-refractivity contribution in [2.75, 3.05) is 27.3 Å². The zero-order valence-corrected chi connectivity index (χ0v) is 17.8. The molecule has 0 aromatic heterocycles. The molecule has 4 N–H and O–H groups in total. The smallest absolute Gasteiger partial charge is 0.317 e. The van der Waals surface area contributed by atoms with Crippen LogP contribution in [0.2, 0.25) is 0 Å². The summed E-state index contributed by atoms with van der Waals surface area (Å²) in [5, 5.41) is 20.3. The average Bonchev–Trinajstić information content (AvgIpc) is 2.74. The maximum atomic E-state index is 13.6. The minimum Gasteiger partial charge on any atom is -0.497 e. The first-order valence-electron chi connectivity index (χ1n) is 9.10. The summed E-state index contributed by atoms with van der Waals surface area (Å²) >= 11 is 0. The summed E-state index contributed by atoms with van der Waals surface area (Å²) < 4.78 is 37.4. The molecule has 0 aliphatic rings. The van der Waals surface area contributed by atoms with Crippen molar-refractivity contribution in [2.45, 2.75) is 10.7 Å². The number of sulfone groups is 1. The Balaban J connectivity index is 2.51. The third-order valence-corrected chi connectivity index (χ3v) is 6.56. The van der Waals surface area contributed by atoms with Gasteiger partial charge in [-0.25, -0.2) is 8.42 Å². The number of nitrogens with one attached hydrogen (secondary N) is 2. The van der Waals surface area contributed by atoms with Gasteiger partial charge in [-0.1, -0.05) is 24.3 Å². The van der Waals surface area contributed by atoms with Gasteiger partial charge in [0.2, 0.25) is 0 Å². The minimum absolute atomic E-state index is 0.276. The first-order valence-corrected chi connectivity index (χ1v) is 10.7. The molecule has 31 heavy (non-hydrogen) atoms. The van der Waals surface area contributed by atoms with Crippen molar-refractivity contribution in [1.29, 1.82) is 0 Å². The molecule has 0 saturated carbocycles. The molecule has 0 radical (unpaired) electrons. The van der Waals surface area contributed by atoms with Gasteiger partial charge in [-0.15, -0.1) is 0 Å². The highest BCUT2D eigenvalue weighted by Crippen LogP contribution is 2.32. The van der Waals surface area contributed by atoms with Crippen LogP contribution < -0.4 is 20.1 Å². The molecule has 168 valence electrons. The molecule has 0 saturated heterocycles. The Bertz CT molecular complexity index is 915. The number of carbonyl (C=O) groups is 2. The molecule has 10 nitrogen and oxygen atoms in total. The van der Waals surface area contributed by atoms with Crippen LogP contribution in [0.1, 0.15) is 21.9 Å². The molecular formula is C20H24N2O8S. The van der Waals surface area contributed by atoms with Gasteiger partial charge >= 0.3 is 11.9 Å². The van der Waals surface area contributed by atoms with E-state index in [-0.39, 0.29) is 11.1 Å². The van der Waals surface area contributed by atoms with Crippen molar-refractivity contribution in [3.63, 3.8) is 0 Å². The fraction of sp³-hybridized carbons (Fsp3) is 0.300. The van der Waals surface area contributed by atoms with Crippen LogP contribution >= 0.6 is 0 Å². The summed E-state index contributed by atoms with van der Waals surface area (Å²) in [6.45, 7) is -1.24. The molecule has 2 unspecified atom stereocenters. The Morgan fingerprint density at radius 3 is 1.35 bits per heavy atom. The quantitative estimate of drug-likeness (QED) is 0.369. The second-order valence-electron chi connectivity index (χ2n) is 6.44. The van der Waals surface area contributed by atoms with Gasteiger partial charge in [-0.3, -0.25) is 20.2 Å². The van der Waals surface area contributed by atoms with Gasteiger partial charge in [0.1, 0.15) is 22.2 Å². The Morgan fingerprint density at radius 1 is 0.774 bits per heavy atom. The van der Waals surface area contributed by atoms with E-state index in [9.17, 15) is 18.0 Å². The highest BCUT2D eigenvalue weighted by Gasteiger charge is 2.36. The molecule has 0 amide bonds. The van der Waals surface area contributed by atoms with Gasteiger partial charge in [0.05, 0.1) is 27.3 Å². The van der Waals surface area contributed by atoms with Crippen molar-refractivity contribution >= 4 is 21.8 Å². The number of benzene rings is 2. The van der Waals surface area contributed by atoms with Crippen LogP contribution in [0.25, 0.3) is 0 Å². The largest absolute Gasteiger partial charge is 0.497 e. The highest BCUT2D eigenvalue weighted by molar-refractivity contribution is 7.91. The number of carboxylic acid groups (broad SMARTS) is 2. The fourth-order valence-corrected chi connectivity index (χ4v) is 4.88. The maximum absolute atomic E-state index is 13.6. The van der Waals surface area contributed by atoms with Crippen molar-refractivity contribution in [2.24, 2.45) is 0 Å². The van der Waals surface area contributed by atoms with Gasteiger partial charge in [0, 0.05) is 0 Å². The Labute approximate surface area is 179 Å². The molecule has 2 atom stereocenters. The van der Waals surface area contributed by atoms with Crippen LogP contribution in [0.5, 0.6) is 11.5 Å². The van der Waals surface area contributed by atoms with Crippen molar-refractivity contribution in [1.82, 2.24) is 10.6 Å². The van der Waals surface area contributed by atoms with Crippen molar-refractivity contribution in [3.8, 4) is 11.5 Å². The van der Waals surface area contributed by atoms with E-state index >= 15 is 0 Å². The molecule has 0 aliphatic carbocycles. The standard InChI is InChI=1S/C20H24N2O8S/c1-29-15-7-3-13(4-8-15)19(21-11-17(23)24)31(27,28)20(22-12-18(25)26)14-5-9-16(30-2)10-6-14/h3-10,19-22H,11-12H2,1-2H3,(H,23,24)(H,25,26). The second-order valence-corrected chi connectivity index (χ2v) is 8.57. The Hall–Kier alpha value is -3.15. The number of aliphatic carboxylic acids is 2. The van der Waals surface area contributed by atoms with Crippen molar-refractivity contribution < 1.29 is 37.7 Å². The molecule has 2 rings (SSSR count). The second kappa shape index (κ2) is 10.8. The average molecular weight is 452 g/mol. The number of methoxy groups -OCH3 is 2. The van der Waals surface area contributed by atoms with E-state index in [1.165, 1.54) is 38.5 Å². The lowest BCUT2D eigenvalue weighted by atomic mass is 10.2. The molecule has 2 aromatic rings. The summed E-state index contributed by atoms with van der Waals surface area (Å²) in [4.78, 5) is 22.2. The molecule has 0 spiro atoms. The zero-order chi connectivity index (χ0) is 23.0. The van der Waals surface area contributed by atoms with Crippen LogP contribution in [0, 0.1) is 0 Å². The molecule has 0 fully saturated rings. The van der Waals surface area contributed by atoms with E-state index in [0.29, 0.717) is 11.5 Å². The first-order chi connectivity index (χ1) is 14.7. The minimum atomic E-state index is -4.23. The summed E-state index contributed by atoms with van der Waals surface area (Å²) in [6.07, 6.45) is 0. The lowest BCUT2D eigenvalue weighted by molar-refractivity contribution is -0.137. The van der Waals surface area contributed by atoms with Crippen LogP contribution in [-0.2, 0) is 19.4 Å². The lowest BCUT2D eigenvalue weighted by Crippen LogP contribution is -2.40. The van der Waals surface area contributed by atoms with Crippen LogP contribution in [-0.4, -0.2) is 57.9 Å². The van der Waals surface area contributed by atoms with Gasteiger partial charge < -0.3 is 19.7 Å². The van der Waals surface area contributed by atoms with Crippen LogP contribution in [0.4, 0.5) is 0 Å². The number of hydrogen-bond donors (Lipinski definition) is 4. The normalized spacial score (nSPS) is 13.2. The number of hydrogen-bond acceptors (Lipinski definition) is 8. The number of rotatable bonds is 12. The Kier molecular flexibility index (Phi) is 8.37. The number of ether oxygens (including phenoxy) is 2. The van der Waals surface area contributed by atoms with E-state index in [4.69, 9.17) is 19.7 Å². The van der Waals surface area contributed by atoms with E-state index in [2.05, 4.69) is 10.6 Å². The van der Waals surface area contributed by atoms with Gasteiger partial charge in [0.25, 0.3) is 0 Å². The molecular weight excluding hydrogens is 428 g/mol. The monoisotopic (exact) mass is 452 g/mol. The van der Waals surface area contributed by atoms with E-state index < -0.39 is 45.6 Å². The molecule has 11 heteroatoms. The van der Waals surface area contributed by atoms with E-state index in [1.807, 2.05) is 0 Å². The summed E-state index contributed by atoms with van der Waals surface area (Å²) in [5.74, 6) is -1.50. The topological polar surface area (TPSA) is 151 Å². The zero-order valence-electron chi connectivity index (χ0n) is 16.9. The third-order valence-electron chi connectivity index (χ3n) is 4.37. The molecule has 0 bridgehead atoms. The maximum Gasteiger partial charge on any atom is 0.317 e. The predicted molar refractivity (Wildman–Crippen MR) is 112 cm³/mol. The number of carboxylic acids is 2. The van der Waals surface area contributed by atoms with Gasteiger partial charge in [-0.05, 0) is 35.4 Å². The summed E-state index contributed by atoms with van der Waals surface area (Å²) in [7, 11) is -1.31. The van der Waals surface area contributed by atoms with E-state index in [0.717, 1.165) is 0 Å². The predicted octanol–water partition coefficient (Wildman–Crippen LogP) is 1.16.